The Labute approximate surface area is 126 Å². The van der Waals surface area contributed by atoms with Gasteiger partial charge in [0.1, 0.15) is 0 Å². The van der Waals surface area contributed by atoms with Crippen molar-refractivity contribution in [2.24, 2.45) is 0 Å². The number of ether oxygens (including phenoxy) is 1. The van der Waals surface area contributed by atoms with E-state index in [0.29, 0.717) is 11.3 Å². The maximum absolute atomic E-state index is 11.7. The number of nitrogens with one attached hydrogen (secondary N) is 1. The lowest BCUT2D eigenvalue weighted by molar-refractivity contribution is 0.0602. The molecular formula is C16H14N2O2S. The van der Waals surface area contributed by atoms with Crippen molar-refractivity contribution in [2.75, 3.05) is 18.2 Å². The van der Waals surface area contributed by atoms with Gasteiger partial charge in [-0.2, -0.15) is 0 Å². The van der Waals surface area contributed by atoms with Crippen molar-refractivity contribution < 1.29 is 9.53 Å². The number of nitrogens with two attached hydrogens (primary N) is 1. The van der Waals surface area contributed by atoms with Crippen LogP contribution in [0.2, 0.25) is 0 Å². The number of nitrogen functional groups attached to an aromatic ring is 1. The van der Waals surface area contributed by atoms with Gasteiger partial charge in [0, 0.05) is 21.8 Å². The van der Waals surface area contributed by atoms with Gasteiger partial charge in [0.05, 0.1) is 12.7 Å². The Kier molecular flexibility index (Phi) is 3.50. The molecular weight excluding hydrogens is 284 g/mol. The van der Waals surface area contributed by atoms with Gasteiger partial charge in [-0.3, -0.25) is 0 Å². The number of hydrogen-bond acceptors (Lipinski definition) is 5. The first kappa shape index (κ1) is 13.5. The summed E-state index contributed by atoms with van der Waals surface area (Å²) in [6.45, 7) is 0. The normalized spacial score (nSPS) is 10.5. The summed E-state index contributed by atoms with van der Waals surface area (Å²) in [5.41, 5.74) is 8.31. The minimum atomic E-state index is -0.440. The molecule has 1 aromatic heterocycles. The molecule has 5 heteroatoms. The summed E-state index contributed by atoms with van der Waals surface area (Å²) in [7, 11) is 1.34. The predicted octanol–water partition coefficient (Wildman–Crippen LogP) is 4.01. The van der Waals surface area contributed by atoms with Gasteiger partial charge in [0.25, 0.3) is 0 Å². The molecule has 0 atom stereocenters. The van der Waals surface area contributed by atoms with Crippen molar-refractivity contribution in [1.29, 1.82) is 0 Å². The molecule has 2 aromatic carbocycles. The molecule has 0 saturated heterocycles. The van der Waals surface area contributed by atoms with Crippen LogP contribution in [-0.4, -0.2) is 13.1 Å². The molecule has 3 N–H and O–H groups in total. The van der Waals surface area contributed by atoms with Gasteiger partial charge in [-0.1, -0.05) is 0 Å². The van der Waals surface area contributed by atoms with Crippen LogP contribution in [0.15, 0.2) is 47.8 Å². The van der Waals surface area contributed by atoms with Crippen LogP contribution in [0.5, 0.6) is 0 Å². The Balaban J connectivity index is 1.91. The Morgan fingerprint density at radius 3 is 2.71 bits per heavy atom. The highest BCUT2D eigenvalue weighted by Crippen LogP contribution is 2.27. The van der Waals surface area contributed by atoms with E-state index in [0.717, 1.165) is 11.4 Å². The fraction of sp³-hybridized carbons (Fsp3) is 0.0625. The zero-order valence-electron chi connectivity index (χ0n) is 11.4. The quantitative estimate of drug-likeness (QED) is 0.566. The van der Waals surface area contributed by atoms with E-state index in [9.17, 15) is 4.79 Å². The number of rotatable bonds is 3. The molecule has 4 nitrogen and oxygen atoms in total. The highest BCUT2D eigenvalue weighted by atomic mass is 32.1. The van der Waals surface area contributed by atoms with Crippen molar-refractivity contribution in [3.8, 4) is 0 Å². The lowest BCUT2D eigenvalue weighted by atomic mass is 10.1. The summed E-state index contributed by atoms with van der Waals surface area (Å²) in [5, 5.41) is 6.52. The van der Waals surface area contributed by atoms with Crippen LogP contribution in [-0.2, 0) is 4.74 Å². The minimum Gasteiger partial charge on any atom is -0.465 e. The van der Waals surface area contributed by atoms with Crippen LogP contribution in [0.1, 0.15) is 10.4 Å². The summed E-state index contributed by atoms with van der Waals surface area (Å²) in [6, 6.07) is 13.4. The number of anilines is 3. The van der Waals surface area contributed by atoms with Crippen molar-refractivity contribution in [2.45, 2.75) is 0 Å². The molecule has 0 bridgehead atoms. The molecule has 0 aliphatic rings. The van der Waals surface area contributed by atoms with Crippen LogP contribution >= 0.6 is 11.3 Å². The zero-order valence-corrected chi connectivity index (χ0v) is 12.2. The Morgan fingerprint density at radius 1 is 1.14 bits per heavy atom. The number of methoxy groups -OCH3 is 1. The topological polar surface area (TPSA) is 64.3 Å². The number of carbonyl (C=O) groups is 1. The second-order valence-corrected chi connectivity index (χ2v) is 5.54. The molecule has 0 fully saturated rings. The first-order valence-electron chi connectivity index (χ1n) is 6.39. The third kappa shape index (κ3) is 2.68. The summed E-state index contributed by atoms with van der Waals surface area (Å²) in [6.07, 6.45) is 0. The van der Waals surface area contributed by atoms with E-state index in [1.165, 1.54) is 17.2 Å². The number of fused-ring (bicyclic) bond motifs is 1. The highest BCUT2D eigenvalue weighted by Gasteiger charge is 2.10. The first-order chi connectivity index (χ1) is 10.2. The summed E-state index contributed by atoms with van der Waals surface area (Å²) >= 11 is 1.71. The van der Waals surface area contributed by atoms with Gasteiger partial charge in [-0.05, 0) is 53.2 Å². The van der Waals surface area contributed by atoms with Gasteiger partial charge in [0.15, 0.2) is 0 Å². The predicted molar refractivity (Wildman–Crippen MR) is 87.3 cm³/mol. The molecule has 0 aliphatic heterocycles. The monoisotopic (exact) mass is 298 g/mol. The van der Waals surface area contributed by atoms with E-state index < -0.39 is 5.97 Å². The smallest absolute Gasteiger partial charge is 0.340 e. The van der Waals surface area contributed by atoms with Crippen LogP contribution in [0.25, 0.3) is 10.1 Å². The van der Waals surface area contributed by atoms with Crippen molar-refractivity contribution in [3.63, 3.8) is 0 Å². The van der Waals surface area contributed by atoms with Gasteiger partial charge >= 0.3 is 5.97 Å². The zero-order chi connectivity index (χ0) is 14.8. The second-order valence-electron chi connectivity index (χ2n) is 4.59. The van der Waals surface area contributed by atoms with Crippen LogP contribution < -0.4 is 11.1 Å². The van der Waals surface area contributed by atoms with Crippen LogP contribution in [0.4, 0.5) is 17.1 Å². The molecule has 3 aromatic rings. The van der Waals surface area contributed by atoms with E-state index in [1.54, 1.807) is 23.5 Å². The fourth-order valence-electron chi connectivity index (χ4n) is 2.13. The van der Waals surface area contributed by atoms with Gasteiger partial charge in [-0.15, -0.1) is 11.3 Å². The fourth-order valence-corrected chi connectivity index (χ4v) is 2.90. The summed E-state index contributed by atoms with van der Waals surface area (Å²) < 4.78 is 5.97. The number of carbonyl (C=O) groups excluding carboxylic acids is 1. The molecule has 0 unspecified atom stereocenters. The number of benzene rings is 2. The average molecular weight is 298 g/mol. The minimum absolute atomic E-state index is 0.360. The maximum Gasteiger partial charge on any atom is 0.340 e. The molecule has 0 saturated carbocycles. The molecule has 3 rings (SSSR count). The van der Waals surface area contributed by atoms with E-state index in [1.807, 2.05) is 12.1 Å². The summed E-state index contributed by atoms with van der Waals surface area (Å²) in [5.74, 6) is -0.440. The van der Waals surface area contributed by atoms with E-state index in [4.69, 9.17) is 10.5 Å². The molecule has 1 heterocycles. The SMILES string of the molecule is COC(=O)c1cc(Nc2ccc3sccc3c2)ccc1N. The van der Waals surface area contributed by atoms with Crippen molar-refractivity contribution >= 4 is 44.5 Å². The maximum atomic E-state index is 11.7. The van der Waals surface area contributed by atoms with Crippen molar-refractivity contribution in [1.82, 2.24) is 0 Å². The third-order valence-corrected chi connectivity index (χ3v) is 4.10. The molecule has 21 heavy (non-hydrogen) atoms. The molecule has 0 spiro atoms. The number of esters is 1. The largest absolute Gasteiger partial charge is 0.465 e. The lowest BCUT2D eigenvalue weighted by Crippen LogP contribution is -2.06. The van der Waals surface area contributed by atoms with E-state index >= 15 is 0 Å². The molecule has 0 radical (unpaired) electrons. The van der Waals surface area contributed by atoms with Crippen LogP contribution in [0, 0.1) is 0 Å². The average Bonchev–Trinajstić information content (AvgIpc) is 2.96. The van der Waals surface area contributed by atoms with E-state index in [-0.39, 0.29) is 0 Å². The Hall–Kier alpha value is -2.53. The van der Waals surface area contributed by atoms with Gasteiger partial charge < -0.3 is 15.8 Å². The number of hydrogen-bond donors (Lipinski definition) is 2. The standard InChI is InChI=1S/C16H14N2O2S/c1-20-16(19)13-9-12(2-4-14(13)17)18-11-3-5-15-10(8-11)6-7-21-15/h2-9,18H,17H2,1H3. The molecule has 0 amide bonds. The molecule has 0 aliphatic carbocycles. The highest BCUT2D eigenvalue weighted by molar-refractivity contribution is 7.17. The summed E-state index contributed by atoms with van der Waals surface area (Å²) in [4.78, 5) is 11.7. The van der Waals surface area contributed by atoms with Gasteiger partial charge in [-0.25, -0.2) is 4.79 Å². The Morgan fingerprint density at radius 2 is 1.90 bits per heavy atom. The third-order valence-electron chi connectivity index (χ3n) is 3.20. The second kappa shape index (κ2) is 5.46. The van der Waals surface area contributed by atoms with Crippen molar-refractivity contribution in [3.05, 3.63) is 53.4 Å². The van der Waals surface area contributed by atoms with Crippen LogP contribution in [0.3, 0.4) is 0 Å². The number of thiophene rings is 1. The lowest BCUT2D eigenvalue weighted by Gasteiger charge is -2.10. The Bertz CT molecular complexity index is 811. The van der Waals surface area contributed by atoms with E-state index in [2.05, 4.69) is 28.9 Å². The molecule has 106 valence electrons. The van der Waals surface area contributed by atoms with Gasteiger partial charge in [0.2, 0.25) is 0 Å². The first-order valence-corrected chi connectivity index (χ1v) is 7.27.